The molecule has 4 nitrogen and oxygen atoms in total. The maximum atomic E-state index is 13.3. The van der Waals surface area contributed by atoms with Crippen LogP contribution in [0.2, 0.25) is 5.15 Å². The minimum atomic E-state index is -4.55. The highest BCUT2D eigenvalue weighted by molar-refractivity contribution is 7.89. The Balaban J connectivity index is 2.03. The van der Waals surface area contributed by atoms with Gasteiger partial charge in [-0.15, -0.1) is 0 Å². The fourth-order valence-corrected chi connectivity index (χ4v) is 4.77. The van der Waals surface area contributed by atoms with Gasteiger partial charge >= 0.3 is 6.18 Å². The summed E-state index contributed by atoms with van der Waals surface area (Å²) in [6.07, 6.45) is -2.62. The third-order valence-electron chi connectivity index (χ3n) is 4.14. The highest BCUT2D eigenvalue weighted by atomic mass is 35.5. The Morgan fingerprint density at radius 2 is 1.88 bits per heavy atom. The maximum absolute atomic E-state index is 13.3. The fraction of sp³-hybridized carbons (Fsp3) is 0.312. The Bertz CT molecular complexity index is 870. The predicted molar refractivity (Wildman–Crippen MR) is 86.6 cm³/mol. The average Bonchev–Trinajstić information content (AvgIpc) is 3.05. The molecule has 9 heteroatoms. The molecule has 3 rings (SSSR count). The van der Waals surface area contributed by atoms with Crippen LogP contribution in [0.1, 0.15) is 30.0 Å². The molecule has 2 heterocycles. The van der Waals surface area contributed by atoms with Gasteiger partial charge in [-0.3, -0.25) is 0 Å². The molecular weight excluding hydrogens is 377 g/mol. The first-order valence-corrected chi connectivity index (χ1v) is 9.32. The molecular formula is C16H14ClF3N2O2S. The summed E-state index contributed by atoms with van der Waals surface area (Å²) >= 11 is 5.67. The SMILES string of the molecule is O=S(=O)(c1ccc(Cl)nc1)N1CCCC1c1ccccc1C(F)(F)F. The van der Waals surface area contributed by atoms with E-state index in [0.29, 0.717) is 12.8 Å². The van der Waals surface area contributed by atoms with Gasteiger partial charge in [0.05, 0.1) is 11.6 Å². The first-order valence-electron chi connectivity index (χ1n) is 7.51. The molecule has 0 amide bonds. The quantitative estimate of drug-likeness (QED) is 0.735. The lowest BCUT2D eigenvalue weighted by Crippen LogP contribution is -2.31. The minimum absolute atomic E-state index is 0.0296. The van der Waals surface area contributed by atoms with Crippen molar-refractivity contribution in [2.75, 3.05) is 6.54 Å². The summed E-state index contributed by atoms with van der Waals surface area (Å²) < 4.78 is 66.7. The van der Waals surface area contributed by atoms with E-state index in [1.54, 1.807) is 0 Å². The Morgan fingerprint density at radius 1 is 1.16 bits per heavy atom. The molecule has 2 aromatic rings. The number of nitrogens with zero attached hydrogens (tertiary/aromatic N) is 2. The first-order chi connectivity index (χ1) is 11.7. The zero-order valence-corrected chi connectivity index (χ0v) is 14.4. The van der Waals surface area contributed by atoms with Gasteiger partial charge in [0, 0.05) is 12.7 Å². The molecule has 1 aromatic carbocycles. The highest BCUT2D eigenvalue weighted by Crippen LogP contribution is 2.42. The fourth-order valence-electron chi connectivity index (χ4n) is 3.03. The number of aromatic nitrogens is 1. The summed E-state index contributed by atoms with van der Waals surface area (Å²) in [5.74, 6) is 0. The molecule has 0 N–H and O–H groups in total. The molecule has 1 saturated heterocycles. The van der Waals surface area contributed by atoms with E-state index >= 15 is 0 Å². The largest absolute Gasteiger partial charge is 0.416 e. The first kappa shape index (κ1) is 18.2. The lowest BCUT2D eigenvalue weighted by molar-refractivity contribution is -0.138. The number of halogens is 4. The maximum Gasteiger partial charge on any atom is 0.416 e. The van der Waals surface area contributed by atoms with E-state index < -0.39 is 27.8 Å². The molecule has 1 aromatic heterocycles. The van der Waals surface area contributed by atoms with E-state index in [-0.39, 0.29) is 22.2 Å². The predicted octanol–water partition coefficient (Wildman–Crippen LogP) is 4.28. The summed E-state index contributed by atoms with van der Waals surface area (Å²) in [6.45, 7) is 0.155. The van der Waals surface area contributed by atoms with Gasteiger partial charge in [0.25, 0.3) is 0 Å². The molecule has 0 aliphatic carbocycles. The van der Waals surface area contributed by atoms with Gasteiger partial charge in [-0.1, -0.05) is 29.8 Å². The third kappa shape index (κ3) is 3.51. The van der Waals surface area contributed by atoms with Crippen molar-refractivity contribution >= 4 is 21.6 Å². The second kappa shape index (κ2) is 6.59. The monoisotopic (exact) mass is 390 g/mol. The molecule has 0 spiro atoms. The van der Waals surface area contributed by atoms with Crippen LogP contribution in [0.4, 0.5) is 13.2 Å². The lowest BCUT2D eigenvalue weighted by Gasteiger charge is -2.26. The van der Waals surface area contributed by atoms with Crippen LogP contribution in [0.3, 0.4) is 0 Å². The number of alkyl halides is 3. The van der Waals surface area contributed by atoms with Crippen molar-refractivity contribution in [2.24, 2.45) is 0 Å². The smallest absolute Gasteiger partial charge is 0.243 e. The van der Waals surface area contributed by atoms with Gasteiger partial charge in [-0.25, -0.2) is 13.4 Å². The Kier molecular flexibility index (Phi) is 4.78. The van der Waals surface area contributed by atoms with E-state index in [4.69, 9.17) is 11.6 Å². The molecule has 0 bridgehead atoms. The van der Waals surface area contributed by atoms with Crippen molar-refractivity contribution in [3.8, 4) is 0 Å². The van der Waals surface area contributed by atoms with E-state index in [9.17, 15) is 21.6 Å². The molecule has 0 saturated carbocycles. The highest BCUT2D eigenvalue weighted by Gasteiger charge is 2.41. The van der Waals surface area contributed by atoms with Crippen molar-refractivity contribution in [1.29, 1.82) is 0 Å². The second-order valence-corrected chi connectivity index (χ2v) is 7.95. The average molecular weight is 391 g/mol. The van der Waals surface area contributed by atoms with Crippen LogP contribution in [0.5, 0.6) is 0 Å². The Hall–Kier alpha value is -1.64. The van der Waals surface area contributed by atoms with Crippen LogP contribution in [0.15, 0.2) is 47.5 Å². The van der Waals surface area contributed by atoms with Gasteiger partial charge in [0.15, 0.2) is 0 Å². The van der Waals surface area contributed by atoms with Crippen LogP contribution in [0.25, 0.3) is 0 Å². The standard InChI is InChI=1S/C16H14ClF3N2O2S/c17-15-8-7-11(10-21-15)25(23,24)22-9-3-6-14(22)12-4-1-2-5-13(12)16(18,19)20/h1-2,4-5,7-8,10,14H,3,6,9H2. The lowest BCUT2D eigenvalue weighted by atomic mass is 9.99. The molecule has 134 valence electrons. The summed E-state index contributed by atoms with van der Waals surface area (Å²) in [6, 6.07) is 6.86. The van der Waals surface area contributed by atoms with E-state index in [1.165, 1.54) is 30.3 Å². The molecule has 1 unspecified atom stereocenters. The molecule has 0 radical (unpaired) electrons. The zero-order valence-electron chi connectivity index (χ0n) is 12.9. The summed E-state index contributed by atoms with van der Waals surface area (Å²) in [5, 5.41) is 0.138. The Labute approximate surface area is 148 Å². The molecule has 1 aliphatic heterocycles. The summed E-state index contributed by atoms with van der Waals surface area (Å²) in [7, 11) is -3.97. The van der Waals surface area contributed by atoms with Crippen molar-refractivity contribution in [3.05, 3.63) is 58.9 Å². The summed E-state index contributed by atoms with van der Waals surface area (Å²) in [5.41, 5.74) is -0.839. The summed E-state index contributed by atoms with van der Waals surface area (Å²) in [4.78, 5) is 3.66. The number of rotatable bonds is 3. The van der Waals surface area contributed by atoms with Crippen LogP contribution in [-0.4, -0.2) is 24.3 Å². The van der Waals surface area contributed by atoms with E-state index in [0.717, 1.165) is 16.6 Å². The van der Waals surface area contributed by atoms with Gasteiger partial charge in [-0.05, 0) is 36.6 Å². The van der Waals surface area contributed by atoms with Crippen molar-refractivity contribution in [3.63, 3.8) is 0 Å². The molecule has 25 heavy (non-hydrogen) atoms. The van der Waals surface area contributed by atoms with Crippen molar-refractivity contribution < 1.29 is 21.6 Å². The molecule has 1 aliphatic rings. The van der Waals surface area contributed by atoms with Crippen molar-refractivity contribution in [1.82, 2.24) is 9.29 Å². The molecule has 1 atom stereocenters. The zero-order chi connectivity index (χ0) is 18.2. The number of hydrogen-bond acceptors (Lipinski definition) is 3. The van der Waals surface area contributed by atoms with Gasteiger partial charge < -0.3 is 0 Å². The number of benzene rings is 1. The van der Waals surface area contributed by atoms with E-state index in [1.807, 2.05) is 0 Å². The number of pyridine rings is 1. The van der Waals surface area contributed by atoms with Gasteiger partial charge in [0.2, 0.25) is 10.0 Å². The Morgan fingerprint density at radius 3 is 2.52 bits per heavy atom. The van der Waals surface area contributed by atoms with Crippen LogP contribution in [0, 0.1) is 0 Å². The van der Waals surface area contributed by atoms with Crippen LogP contribution in [-0.2, 0) is 16.2 Å². The van der Waals surface area contributed by atoms with Gasteiger partial charge in [-0.2, -0.15) is 17.5 Å². The number of sulfonamides is 1. The normalized spacial score (nSPS) is 19.3. The van der Waals surface area contributed by atoms with E-state index in [2.05, 4.69) is 4.98 Å². The third-order valence-corrected chi connectivity index (χ3v) is 6.25. The van der Waals surface area contributed by atoms with Crippen LogP contribution >= 0.6 is 11.6 Å². The molecule has 1 fully saturated rings. The topological polar surface area (TPSA) is 50.3 Å². The minimum Gasteiger partial charge on any atom is -0.243 e. The second-order valence-electron chi connectivity index (χ2n) is 5.68. The number of hydrogen-bond donors (Lipinski definition) is 0. The van der Waals surface area contributed by atoms with Gasteiger partial charge in [0.1, 0.15) is 10.0 Å². The van der Waals surface area contributed by atoms with Crippen molar-refractivity contribution in [2.45, 2.75) is 30.0 Å². The van der Waals surface area contributed by atoms with Crippen LogP contribution < -0.4 is 0 Å².